The van der Waals surface area contributed by atoms with E-state index < -0.39 is 0 Å². The number of aryl methyl sites for hydroxylation is 1. The molecule has 0 aliphatic heterocycles. The second kappa shape index (κ2) is 4.77. The minimum atomic E-state index is 0.202. The summed E-state index contributed by atoms with van der Waals surface area (Å²) in [6.07, 6.45) is 7.66. The Hall–Kier alpha value is -0.900. The van der Waals surface area contributed by atoms with Crippen molar-refractivity contribution in [3.63, 3.8) is 0 Å². The Morgan fingerprint density at radius 1 is 1.53 bits per heavy atom. The van der Waals surface area contributed by atoms with Crippen LogP contribution >= 0.6 is 0 Å². The lowest BCUT2D eigenvalue weighted by Crippen LogP contribution is -2.43. The minimum Gasteiger partial charge on any atom is -0.327 e. The van der Waals surface area contributed by atoms with Gasteiger partial charge in [0.25, 0.3) is 0 Å². The molecule has 2 atom stereocenters. The normalized spacial score (nSPS) is 25.8. The van der Waals surface area contributed by atoms with E-state index in [2.05, 4.69) is 23.9 Å². The van der Waals surface area contributed by atoms with Crippen LogP contribution < -0.4 is 5.73 Å². The molecule has 2 rings (SSSR count). The molecule has 1 fully saturated rings. The molecule has 0 aromatic carbocycles. The van der Waals surface area contributed by atoms with Gasteiger partial charge >= 0.3 is 0 Å². The number of aromatic nitrogens is 3. The van der Waals surface area contributed by atoms with E-state index >= 15 is 0 Å². The van der Waals surface area contributed by atoms with Gasteiger partial charge in [0.1, 0.15) is 12.2 Å². The summed E-state index contributed by atoms with van der Waals surface area (Å²) >= 11 is 0. The zero-order valence-corrected chi connectivity index (χ0v) is 11.2. The van der Waals surface area contributed by atoms with Crippen LogP contribution in [0.3, 0.4) is 0 Å². The van der Waals surface area contributed by atoms with E-state index in [1.807, 2.05) is 11.7 Å². The summed E-state index contributed by atoms with van der Waals surface area (Å²) < 4.78 is 1.83. The van der Waals surface area contributed by atoms with Crippen molar-refractivity contribution in [1.82, 2.24) is 14.8 Å². The van der Waals surface area contributed by atoms with E-state index in [9.17, 15) is 0 Å². The first kappa shape index (κ1) is 12.6. The monoisotopic (exact) mass is 236 g/mol. The van der Waals surface area contributed by atoms with Gasteiger partial charge in [-0.3, -0.25) is 4.68 Å². The lowest BCUT2D eigenvalue weighted by atomic mass is 9.65. The van der Waals surface area contributed by atoms with Crippen LogP contribution in [-0.2, 0) is 13.5 Å². The van der Waals surface area contributed by atoms with Gasteiger partial charge in [0.2, 0.25) is 0 Å². The Morgan fingerprint density at radius 2 is 2.29 bits per heavy atom. The van der Waals surface area contributed by atoms with Gasteiger partial charge < -0.3 is 5.73 Å². The Kier molecular flexibility index (Phi) is 3.52. The second-order valence-electron chi connectivity index (χ2n) is 6.01. The summed E-state index contributed by atoms with van der Waals surface area (Å²) in [6, 6.07) is 0.202. The molecule has 1 aliphatic rings. The van der Waals surface area contributed by atoms with Crippen molar-refractivity contribution in [3.05, 3.63) is 12.2 Å². The summed E-state index contributed by atoms with van der Waals surface area (Å²) in [6.45, 7) is 4.71. The van der Waals surface area contributed by atoms with Crippen molar-refractivity contribution in [3.8, 4) is 0 Å². The van der Waals surface area contributed by atoms with Crippen LogP contribution in [0.5, 0.6) is 0 Å². The summed E-state index contributed by atoms with van der Waals surface area (Å²) in [4.78, 5) is 4.27. The van der Waals surface area contributed by atoms with Crippen LogP contribution in [-0.4, -0.2) is 20.8 Å². The van der Waals surface area contributed by atoms with Gasteiger partial charge in [-0.05, 0) is 24.2 Å². The van der Waals surface area contributed by atoms with E-state index in [-0.39, 0.29) is 6.04 Å². The number of hydrogen-bond acceptors (Lipinski definition) is 3. The summed E-state index contributed by atoms with van der Waals surface area (Å²) in [7, 11) is 1.93. The van der Waals surface area contributed by atoms with E-state index in [0.717, 1.165) is 12.2 Å². The molecule has 1 heterocycles. The van der Waals surface area contributed by atoms with Gasteiger partial charge in [-0.25, -0.2) is 4.98 Å². The van der Waals surface area contributed by atoms with Crippen molar-refractivity contribution in [1.29, 1.82) is 0 Å². The Labute approximate surface area is 104 Å². The average Bonchev–Trinajstić information content (AvgIpc) is 2.63. The van der Waals surface area contributed by atoms with Crippen LogP contribution in [0.1, 0.15) is 45.4 Å². The molecule has 1 aromatic rings. The van der Waals surface area contributed by atoms with Crippen LogP contribution in [0.4, 0.5) is 0 Å². The largest absolute Gasteiger partial charge is 0.327 e. The van der Waals surface area contributed by atoms with Gasteiger partial charge in [-0.1, -0.05) is 26.7 Å². The second-order valence-corrected chi connectivity index (χ2v) is 6.01. The fourth-order valence-corrected chi connectivity index (χ4v) is 3.17. The molecular formula is C13H24N4. The molecule has 0 spiro atoms. The third-order valence-corrected chi connectivity index (χ3v) is 4.33. The summed E-state index contributed by atoms with van der Waals surface area (Å²) in [5.74, 6) is 1.60. The third kappa shape index (κ3) is 2.68. The molecule has 4 nitrogen and oxygen atoms in total. The molecule has 1 saturated carbocycles. The number of nitrogens with zero attached hydrogens (tertiary/aromatic N) is 3. The van der Waals surface area contributed by atoms with Crippen molar-refractivity contribution < 1.29 is 0 Å². The van der Waals surface area contributed by atoms with Gasteiger partial charge in [0, 0.05) is 19.5 Å². The topological polar surface area (TPSA) is 56.7 Å². The highest BCUT2D eigenvalue weighted by Crippen LogP contribution is 2.42. The summed E-state index contributed by atoms with van der Waals surface area (Å²) in [5, 5.41) is 4.10. The van der Waals surface area contributed by atoms with Gasteiger partial charge in [0.15, 0.2) is 0 Å². The fourth-order valence-electron chi connectivity index (χ4n) is 3.17. The number of hydrogen-bond donors (Lipinski definition) is 1. The maximum absolute atomic E-state index is 6.40. The van der Waals surface area contributed by atoms with E-state index in [4.69, 9.17) is 5.73 Å². The van der Waals surface area contributed by atoms with Crippen LogP contribution in [0.25, 0.3) is 0 Å². The van der Waals surface area contributed by atoms with Crippen molar-refractivity contribution in [2.45, 2.75) is 52.0 Å². The van der Waals surface area contributed by atoms with Crippen molar-refractivity contribution in [2.24, 2.45) is 24.1 Å². The first-order valence-corrected chi connectivity index (χ1v) is 6.59. The van der Waals surface area contributed by atoms with E-state index in [0.29, 0.717) is 11.3 Å². The molecule has 17 heavy (non-hydrogen) atoms. The van der Waals surface area contributed by atoms with Crippen LogP contribution in [0, 0.1) is 11.3 Å². The molecule has 1 aromatic heterocycles. The van der Waals surface area contributed by atoms with Crippen LogP contribution in [0.15, 0.2) is 6.33 Å². The van der Waals surface area contributed by atoms with Gasteiger partial charge in [0.05, 0.1) is 0 Å². The van der Waals surface area contributed by atoms with Crippen LogP contribution in [0.2, 0.25) is 0 Å². The third-order valence-electron chi connectivity index (χ3n) is 4.33. The molecular weight excluding hydrogens is 212 g/mol. The van der Waals surface area contributed by atoms with Crippen molar-refractivity contribution >= 4 is 0 Å². The molecule has 0 radical (unpaired) electrons. The fraction of sp³-hybridized carbons (Fsp3) is 0.846. The van der Waals surface area contributed by atoms with E-state index in [1.54, 1.807) is 6.33 Å². The van der Waals surface area contributed by atoms with Crippen molar-refractivity contribution in [2.75, 3.05) is 0 Å². The highest BCUT2D eigenvalue weighted by Gasteiger charge is 2.36. The lowest BCUT2D eigenvalue weighted by Gasteiger charge is -2.42. The quantitative estimate of drug-likeness (QED) is 0.872. The lowest BCUT2D eigenvalue weighted by molar-refractivity contribution is 0.111. The van der Waals surface area contributed by atoms with Gasteiger partial charge in [-0.15, -0.1) is 0 Å². The number of nitrogens with two attached hydrogens (primary N) is 1. The first-order chi connectivity index (χ1) is 8.00. The smallest absolute Gasteiger partial charge is 0.138 e. The predicted octanol–water partition coefficient (Wildman–Crippen LogP) is 1.90. The molecule has 96 valence electrons. The predicted molar refractivity (Wildman–Crippen MR) is 68.4 cm³/mol. The molecule has 4 heteroatoms. The zero-order chi connectivity index (χ0) is 12.5. The SMILES string of the molecule is Cn1ncnc1CC(N)C1CCCCC1(C)C. The molecule has 2 N–H and O–H groups in total. The van der Waals surface area contributed by atoms with Gasteiger partial charge in [-0.2, -0.15) is 5.10 Å². The maximum atomic E-state index is 6.40. The zero-order valence-electron chi connectivity index (χ0n) is 11.2. The molecule has 0 amide bonds. The Morgan fingerprint density at radius 3 is 2.88 bits per heavy atom. The molecule has 2 unspecified atom stereocenters. The molecule has 0 bridgehead atoms. The average molecular weight is 236 g/mol. The maximum Gasteiger partial charge on any atom is 0.138 e. The highest BCUT2D eigenvalue weighted by molar-refractivity contribution is 4.95. The molecule has 1 aliphatic carbocycles. The highest BCUT2D eigenvalue weighted by atomic mass is 15.3. The Bertz CT molecular complexity index is 369. The number of rotatable bonds is 3. The summed E-state index contributed by atoms with van der Waals surface area (Å²) in [5.41, 5.74) is 6.77. The van der Waals surface area contributed by atoms with E-state index in [1.165, 1.54) is 25.7 Å². The minimum absolute atomic E-state index is 0.202. The standard InChI is InChI=1S/C13H24N4/c1-13(2)7-5-4-6-10(13)11(14)8-12-15-9-16-17(12)3/h9-11H,4-8,14H2,1-3H3. The molecule has 0 saturated heterocycles. The first-order valence-electron chi connectivity index (χ1n) is 6.59. The Balaban J connectivity index is 2.04.